The summed E-state index contributed by atoms with van der Waals surface area (Å²) in [6.07, 6.45) is 2.37. The van der Waals surface area contributed by atoms with Crippen LogP contribution in [0.5, 0.6) is 5.75 Å². The maximum Gasteiger partial charge on any atom is 0.343 e. The van der Waals surface area contributed by atoms with Crippen LogP contribution >= 0.6 is 0 Å². The van der Waals surface area contributed by atoms with Crippen molar-refractivity contribution >= 4 is 17.7 Å². The van der Waals surface area contributed by atoms with Gasteiger partial charge in [-0.3, -0.25) is 4.90 Å². The van der Waals surface area contributed by atoms with Crippen LogP contribution in [-0.4, -0.2) is 80.8 Å². The number of carbonyl (C=O) groups is 2. The van der Waals surface area contributed by atoms with Gasteiger partial charge < -0.3 is 25.0 Å². The van der Waals surface area contributed by atoms with E-state index >= 15 is 0 Å². The van der Waals surface area contributed by atoms with Crippen molar-refractivity contribution in [3.8, 4) is 5.75 Å². The SMILES string of the molecule is COC(=O)COc1cccc(NC(=O)N2CCN(C3CCNCC3)CC2)c1. The monoisotopic (exact) mass is 376 g/mol. The van der Waals surface area contributed by atoms with Crippen molar-refractivity contribution in [1.82, 2.24) is 15.1 Å². The van der Waals surface area contributed by atoms with Gasteiger partial charge in [0, 0.05) is 44.0 Å². The van der Waals surface area contributed by atoms with Crippen LogP contribution in [0, 0.1) is 0 Å². The molecule has 1 aromatic rings. The number of piperazine rings is 1. The van der Waals surface area contributed by atoms with E-state index in [-0.39, 0.29) is 12.6 Å². The number of methoxy groups -OCH3 is 1. The molecule has 2 fully saturated rings. The van der Waals surface area contributed by atoms with E-state index in [2.05, 4.69) is 20.3 Å². The maximum absolute atomic E-state index is 12.5. The van der Waals surface area contributed by atoms with Crippen LogP contribution in [0.3, 0.4) is 0 Å². The molecular formula is C19H28N4O4. The second kappa shape index (κ2) is 9.57. The van der Waals surface area contributed by atoms with Crippen molar-refractivity contribution in [2.45, 2.75) is 18.9 Å². The standard InChI is InChI=1S/C19H28N4O4/c1-26-18(24)14-27-17-4-2-3-15(13-17)21-19(25)23-11-9-22(10-12-23)16-5-7-20-8-6-16/h2-4,13,16,20H,5-12,14H2,1H3,(H,21,25). The summed E-state index contributed by atoms with van der Waals surface area (Å²) in [5.41, 5.74) is 0.642. The van der Waals surface area contributed by atoms with Gasteiger partial charge in [0.2, 0.25) is 0 Å². The molecule has 0 atom stereocenters. The number of piperidine rings is 1. The first-order valence-electron chi connectivity index (χ1n) is 9.46. The molecular weight excluding hydrogens is 348 g/mol. The lowest BCUT2D eigenvalue weighted by atomic mass is 10.0. The molecule has 27 heavy (non-hydrogen) atoms. The number of hydrogen-bond acceptors (Lipinski definition) is 6. The summed E-state index contributed by atoms with van der Waals surface area (Å²) in [5.74, 6) is 0.0602. The fraction of sp³-hybridized carbons (Fsp3) is 0.579. The van der Waals surface area contributed by atoms with Crippen LogP contribution in [-0.2, 0) is 9.53 Å². The number of amides is 2. The van der Waals surface area contributed by atoms with Crippen LogP contribution in [0.15, 0.2) is 24.3 Å². The number of nitrogens with zero attached hydrogens (tertiary/aromatic N) is 2. The molecule has 2 heterocycles. The molecule has 0 bridgehead atoms. The summed E-state index contributed by atoms with van der Waals surface area (Å²) in [6, 6.07) is 7.54. The van der Waals surface area contributed by atoms with E-state index in [0.717, 1.165) is 39.3 Å². The molecule has 148 valence electrons. The molecule has 0 saturated carbocycles. The average molecular weight is 376 g/mol. The second-order valence-electron chi connectivity index (χ2n) is 6.83. The minimum absolute atomic E-state index is 0.106. The smallest absolute Gasteiger partial charge is 0.343 e. The van der Waals surface area contributed by atoms with Crippen LogP contribution in [0.1, 0.15) is 12.8 Å². The van der Waals surface area contributed by atoms with Gasteiger partial charge in [0.25, 0.3) is 0 Å². The van der Waals surface area contributed by atoms with E-state index < -0.39 is 5.97 Å². The summed E-state index contributed by atoms with van der Waals surface area (Å²) < 4.78 is 9.91. The van der Waals surface area contributed by atoms with Crippen LogP contribution in [0.25, 0.3) is 0 Å². The third-order valence-corrected chi connectivity index (χ3v) is 5.10. The number of esters is 1. The Kier molecular flexibility index (Phi) is 6.89. The first-order valence-corrected chi connectivity index (χ1v) is 9.46. The van der Waals surface area contributed by atoms with E-state index in [1.54, 1.807) is 24.3 Å². The topological polar surface area (TPSA) is 83.1 Å². The molecule has 8 nitrogen and oxygen atoms in total. The van der Waals surface area contributed by atoms with Gasteiger partial charge >= 0.3 is 12.0 Å². The van der Waals surface area contributed by atoms with Crippen molar-refractivity contribution in [2.75, 3.05) is 58.3 Å². The lowest BCUT2D eigenvalue weighted by Crippen LogP contribution is -2.54. The lowest BCUT2D eigenvalue weighted by Gasteiger charge is -2.40. The van der Waals surface area contributed by atoms with Crippen LogP contribution in [0.2, 0.25) is 0 Å². The number of carbonyl (C=O) groups excluding carboxylic acids is 2. The van der Waals surface area contributed by atoms with Crippen molar-refractivity contribution < 1.29 is 19.1 Å². The number of urea groups is 1. The summed E-state index contributed by atoms with van der Waals surface area (Å²) in [5, 5.41) is 6.30. The summed E-state index contributed by atoms with van der Waals surface area (Å²) >= 11 is 0. The predicted octanol–water partition coefficient (Wildman–Crippen LogP) is 1.14. The Morgan fingerprint density at radius 3 is 2.63 bits per heavy atom. The van der Waals surface area contributed by atoms with Crippen molar-refractivity contribution in [2.24, 2.45) is 0 Å². The number of ether oxygens (including phenoxy) is 2. The van der Waals surface area contributed by atoms with Gasteiger partial charge in [0.15, 0.2) is 6.61 Å². The highest BCUT2D eigenvalue weighted by Crippen LogP contribution is 2.19. The molecule has 3 rings (SSSR count). The van der Waals surface area contributed by atoms with E-state index in [9.17, 15) is 9.59 Å². The number of anilines is 1. The Labute approximate surface area is 159 Å². The highest BCUT2D eigenvalue weighted by molar-refractivity contribution is 5.89. The van der Waals surface area contributed by atoms with Crippen molar-refractivity contribution in [3.05, 3.63) is 24.3 Å². The minimum atomic E-state index is -0.448. The zero-order chi connectivity index (χ0) is 19.1. The highest BCUT2D eigenvalue weighted by atomic mass is 16.6. The zero-order valence-corrected chi connectivity index (χ0v) is 15.8. The minimum Gasteiger partial charge on any atom is -0.482 e. The van der Waals surface area contributed by atoms with E-state index in [1.807, 2.05) is 4.90 Å². The lowest BCUT2D eigenvalue weighted by molar-refractivity contribution is -0.142. The quantitative estimate of drug-likeness (QED) is 0.750. The summed E-state index contributed by atoms with van der Waals surface area (Å²) in [6.45, 7) is 5.30. The molecule has 0 unspecified atom stereocenters. The summed E-state index contributed by atoms with van der Waals surface area (Å²) in [7, 11) is 1.31. The highest BCUT2D eigenvalue weighted by Gasteiger charge is 2.27. The van der Waals surface area contributed by atoms with Gasteiger partial charge in [-0.1, -0.05) is 6.07 Å². The fourth-order valence-electron chi connectivity index (χ4n) is 3.53. The van der Waals surface area contributed by atoms with Gasteiger partial charge in [-0.25, -0.2) is 9.59 Å². The predicted molar refractivity (Wildman–Crippen MR) is 102 cm³/mol. The molecule has 2 aliphatic heterocycles. The Hall–Kier alpha value is -2.32. The number of hydrogen-bond donors (Lipinski definition) is 2. The van der Waals surface area contributed by atoms with E-state index in [4.69, 9.17) is 4.74 Å². The Morgan fingerprint density at radius 2 is 1.93 bits per heavy atom. The zero-order valence-electron chi connectivity index (χ0n) is 15.8. The van der Waals surface area contributed by atoms with Gasteiger partial charge in [-0.2, -0.15) is 0 Å². The molecule has 2 saturated heterocycles. The largest absolute Gasteiger partial charge is 0.482 e. The van der Waals surface area contributed by atoms with E-state index in [0.29, 0.717) is 17.5 Å². The fourth-order valence-corrected chi connectivity index (χ4v) is 3.53. The van der Waals surface area contributed by atoms with Crippen molar-refractivity contribution in [3.63, 3.8) is 0 Å². The maximum atomic E-state index is 12.5. The third-order valence-electron chi connectivity index (χ3n) is 5.10. The van der Waals surface area contributed by atoms with Gasteiger partial charge in [0.1, 0.15) is 5.75 Å². The second-order valence-corrected chi connectivity index (χ2v) is 6.83. The molecule has 0 radical (unpaired) electrons. The number of benzene rings is 1. The molecule has 2 amide bonds. The average Bonchev–Trinajstić information content (AvgIpc) is 2.73. The Bertz CT molecular complexity index is 640. The summed E-state index contributed by atoms with van der Waals surface area (Å²) in [4.78, 5) is 28.1. The first kappa shape index (κ1) is 19.4. The Morgan fingerprint density at radius 1 is 1.19 bits per heavy atom. The first-order chi connectivity index (χ1) is 13.2. The molecule has 0 spiro atoms. The number of nitrogens with one attached hydrogen (secondary N) is 2. The molecule has 1 aromatic carbocycles. The molecule has 0 aliphatic carbocycles. The van der Waals surface area contributed by atoms with Crippen LogP contribution < -0.4 is 15.4 Å². The number of rotatable bonds is 5. The third kappa shape index (κ3) is 5.58. The van der Waals surface area contributed by atoms with Crippen LogP contribution in [0.4, 0.5) is 10.5 Å². The van der Waals surface area contributed by atoms with Gasteiger partial charge in [-0.05, 0) is 38.1 Å². The van der Waals surface area contributed by atoms with Gasteiger partial charge in [-0.15, -0.1) is 0 Å². The van der Waals surface area contributed by atoms with Gasteiger partial charge in [0.05, 0.1) is 7.11 Å². The molecule has 0 aromatic heterocycles. The molecule has 2 N–H and O–H groups in total. The normalized spacial score (nSPS) is 18.8. The van der Waals surface area contributed by atoms with Crippen molar-refractivity contribution in [1.29, 1.82) is 0 Å². The van der Waals surface area contributed by atoms with E-state index in [1.165, 1.54) is 20.0 Å². The molecule has 8 heteroatoms. The molecule has 2 aliphatic rings. The Balaban J connectivity index is 1.47.